The molecule has 0 fully saturated rings. The third-order valence-electron chi connectivity index (χ3n) is 2.63. The number of imidazole rings is 1. The molecule has 0 saturated carbocycles. The lowest BCUT2D eigenvalue weighted by atomic mass is 10.5. The molecule has 0 aromatic carbocycles. The van der Waals surface area contributed by atoms with E-state index in [1.165, 1.54) is 0 Å². The SMILES string of the molecule is Nc1nc2c(ncn2CC[NH2+]CCO)c(=O)[nH]1.O=C([O-])C(F)(F)F. The quantitative estimate of drug-likeness (QED) is 0.406. The molecule has 134 valence electrons. The summed E-state index contributed by atoms with van der Waals surface area (Å²) in [6.07, 6.45) is -3.63. The Labute approximate surface area is 132 Å². The van der Waals surface area contributed by atoms with Crippen LogP contribution in [0.4, 0.5) is 19.1 Å². The molecule has 0 bridgehead atoms. The van der Waals surface area contributed by atoms with Crippen molar-refractivity contribution in [3.63, 3.8) is 0 Å². The molecule has 6 N–H and O–H groups in total. The van der Waals surface area contributed by atoms with Crippen molar-refractivity contribution in [1.29, 1.82) is 0 Å². The Morgan fingerprint density at radius 2 is 2.08 bits per heavy atom. The van der Waals surface area contributed by atoms with E-state index in [0.29, 0.717) is 24.3 Å². The molecule has 24 heavy (non-hydrogen) atoms. The number of carboxylic acids is 1. The minimum absolute atomic E-state index is 0.0867. The summed E-state index contributed by atoms with van der Waals surface area (Å²) >= 11 is 0. The van der Waals surface area contributed by atoms with E-state index in [2.05, 4.69) is 15.0 Å². The van der Waals surface area contributed by atoms with Crippen LogP contribution in [-0.2, 0) is 11.3 Å². The summed E-state index contributed by atoms with van der Waals surface area (Å²) in [7, 11) is 0. The Balaban J connectivity index is 0.000000351. The summed E-state index contributed by atoms with van der Waals surface area (Å²) in [5, 5.41) is 19.4. The van der Waals surface area contributed by atoms with Crippen LogP contribution >= 0.6 is 0 Å². The van der Waals surface area contributed by atoms with Gasteiger partial charge in [-0.1, -0.05) is 0 Å². The molecule has 0 atom stereocenters. The van der Waals surface area contributed by atoms with Gasteiger partial charge in [-0.05, 0) is 0 Å². The van der Waals surface area contributed by atoms with Gasteiger partial charge in [0.2, 0.25) is 5.95 Å². The van der Waals surface area contributed by atoms with Crippen LogP contribution in [0.5, 0.6) is 0 Å². The van der Waals surface area contributed by atoms with Gasteiger partial charge < -0.3 is 30.6 Å². The molecule has 0 spiro atoms. The number of aliphatic hydroxyl groups is 1. The average Bonchev–Trinajstić information content (AvgIpc) is 2.86. The number of nitrogens with zero attached hydrogens (tertiary/aromatic N) is 3. The zero-order valence-electron chi connectivity index (χ0n) is 12.2. The molecule has 0 aliphatic heterocycles. The summed E-state index contributed by atoms with van der Waals surface area (Å²) in [4.78, 5) is 30.7. The molecule has 2 aromatic heterocycles. The topological polar surface area (TPSA) is 167 Å². The monoisotopic (exact) mass is 352 g/mol. The number of anilines is 1. The number of rotatable bonds is 5. The molecule has 2 rings (SSSR count). The van der Waals surface area contributed by atoms with Crippen molar-refractivity contribution < 1.29 is 33.5 Å². The lowest BCUT2D eigenvalue weighted by Crippen LogP contribution is -2.85. The van der Waals surface area contributed by atoms with Crippen molar-refractivity contribution in [2.45, 2.75) is 12.7 Å². The number of fused-ring (bicyclic) bond motifs is 1. The Morgan fingerprint density at radius 3 is 2.62 bits per heavy atom. The van der Waals surface area contributed by atoms with E-state index >= 15 is 0 Å². The molecule has 0 aliphatic carbocycles. The van der Waals surface area contributed by atoms with Crippen LogP contribution in [0, 0.1) is 0 Å². The molecule has 0 unspecified atom stereocenters. The normalized spacial score (nSPS) is 11.2. The van der Waals surface area contributed by atoms with E-state index in [0.717, 1.165) is 6.54 Å². The van der Waals surface area contributed by atoms with Crippen LogP contribution in [0.3, 0.4) is 0 Å². The first-order chi connectivity index (χ1) is 11.2. The van der Waals surface area contributed by atoms with E-state index in [1.807, 2.05) is 5.32 Å². The molecule has 0 aliphatic rings. The average molecular weight is 352 g/mol. The Morgan fingerprint density at radius 1 is 1.46 bits per heavy atom. The van der Waals surface area contributed by atoms with Gasteiger partial charge in [0.25, 0.3) is 5.56 Å². The maximum atomic E-state index is 11.5. The first-order valence-electron chi connectivity index (χ1n) is 6.58. The second-order valence-electron chi connectivity index (χ2n) is 4.44. The van der Waals surface area contributed by atoms with Crippen LogP contribution < -0.4 is 21.7 Å². The van der Waals surface area contributed by atoms with Gasteiger partial charge in [0.05, 0.1) is 32.6 Å². The molecular weight excluding hydrogens is 337 g/mol. The van der Waals surface area contributed by atoms with Crippen LogP contribution in [0.15, 0.2) is 11.1 Å². The second-order valence-corrected chi connectivity index (χ2v) is 4.44. The number of aromatic nitrogens is 4. The summed E-state index contributed by atoms with van der Waals surface area (Å²) in [6, 6.07) is 0. The van der Waals surface area contributed by atoms with Crippen molar-refractivity contribution in [2.24, 2.45) is 0 Å². The third kappa shape index (κ3) is 5.51. The highest BCUT2D eigenvalue weighted by molar-refractivity contribution is 5.71. The number of alkyl halides is 3. The highest BCUT2D eigenvalue weighted by atomic mass is 19.4. The highest BCUT2D eigenvalue weighted by Crippen LogP contribution is 2.11. The number of nitrogens with two attached hydrogens (primary N) is 2. The first kappa shape index (κ1) is 19.4. The molecule has 0 amide bonds. The number of hydrogen-bond donors (Lipinski definition) is 4. The van der Waals surface area contributed by atoms with E-state index in [9.17, 15) is 18.0 Å². The van der Waals surface area contributed by atoms with Gasteiger partial charge in [-0.2, -0.15) is 18.2 Å². The van der Waals surface area contributed by atoms with Gasteiger partial charge in [-0.25, -0.2) is 4.98 Å². The fourth-order valence-corrected chi connectivity index (χ4v) is 1.60. The molecule has 2 heterocycles. The zero-order valence-corrected chi connectivity index (χ0v) is 12.2. The van der Waals surface area contributed by atoms with Crippen LogP contribution in [0.2, 0.25) is 0 Å². The number of aliphatic hydroxyl groups excluding tert-OH is 1. The van der Waals surface area contributed by atoms with E-state index in [4.69, 9.17) is 20.7 Å². The van der Waals surface area contributed by atoms with Crippen LogP contribution in [-0.4, -0.2) is 56.5 Å². The first-order valence-corrected chi connectivity index (χ1v) is 6.58. The molecule has 0 radical (unpaired) electrons. The maximum Gasteiger partial charge on any atom is 0.430 e. The van der Waals surface area contributed by atoms with Gasteiger partial charge >= 0.3 is 6.18 Å². The van der Waals surface area contributed by atoms with Crippen molar-refractivity contribution in [3.05, 3.63) is 16.7 Å². The largest absolute Gasteiger partial charge is 0.542 e. The van der Waals surface area contributed by atoms with Gasteiger partial charge in [0.1, 0.15) is 5.97 Å². The van der Waals surface area contributed by atoms with Gasteiger partial charge in [-0.15, -0.1) is 0 Å². The van der Waals surface area contributed by atoms with E-state index < -0.39 is 12.1 Å². The number of aromatic amines is 1. The minimum atomic E-state index is -5.19. The van der Waals surface area contributed by atoms with E-state index in [1.54, 1.807) is 10.9 Å². The fourth-order valence-electron chi connectivity index (χ4n) is 1.60. The van der Waals surface area contributed by atoms with Gasteiger partial charge in [0.15, 0.2) is 11.2 Å². The second kappa shape index (κ2) is 8.26. The van der Waals surface area contributed by atoms with Crippen molar-refractivity contribution >= 4 is 23.1 Å². The predicted octanol–water partition coefficient (Wildman–Crippen LogP) is -3.44. The number of hydrogen-bond acceptors (Lipinski definition) is 7. The van der Waals surface area contributed by atoms with Crippen molar-refractivity contribution in [2.75, 3.05) is 25.4 Å². The van der Waals surface area contributed by atoms with Crippen LogP contribution in [0.1, 0.15) is 0 Å². The fraction of sp³-hybridized carbons (Fsp3) is 0.455. The number of nitrogen functional groups attached to an aromatic ring is 1. The third-order valence-corrected chi connectivity index (χ3v) is 2.63. The number of carbonyl (C=O) groups is 1. The zero-order chi connectivity index (χ0) is 18.3. The summed E-state index contributed by atoms with van der Waals surface area (Å²) in [5.74, 6) is -2.92. The number of halogens is 3. The lowest BCUT2D eigenvalue weighted by molar-refractivity contribution is -0.656. The number of quaternary nitrogens is 1. The molecule has 0 saturated heterocycles. The molecule has 13 heteroatoms. The molecule has 2 aromatic rings. The minimum Gasteiger partial charge on any atom is -0.542 e. The van der Waals surface area contributed by atoms with Gasteiger partial charge in [-0.3, -0.25) is 9.78 Å². The molecule has 10 nitrogen and oxygen atoms in total. The Bertz CT molecular complexity index is 741. The standard InChI is InChI=1S/C9H14N6O2.C2HF3O2/c10-9-13-7-6(8(17)14-9)12-5-15(7)3-1-11-2-4-16;3-2(4,5)1(6)7/h5,11,16H,1-4H2,(H3,10,13,14,17);(H,6,7). The van der Waals surface area contributed by atoms with Crippen molar-refractivity contribution in [1.82, 2.24) is 19.5 Å². The lowest BCUT2D eigenvalue weighted by Gasteiger charge is -2.03. The Hall–Kier alpha value is -2.67. The number of H-pyrrole nitrogens is 1. The number of aliphatic carboxylic acids is 1. The van der Waals surface area contributed by atoms with Crippen LogP contribution in [0.25, 0.3) is 11.2 Å². The molecular formula is C11H15F3N6O4. The van der Waals surface area contributed by atoms with E-state index in [-0.39, 0.29) is 18.1 Å². The highest BCUT2D eigenvalue weighted by Gasteiger charge is 2.28. The van der Waals surface area contributed by atoms with Crippen molar-refractivity contribution in [3.8, 4) is 0 Å². The van der Waals surface area contributed by atoms with Gasteiger partial charge in [0, 0.05) is 0 Å². The Kier molecular flexibility index (Phi) is 6.67. The summed E-state index contributed by atoms with van der Waals surface area (Å²) < 4.78 is 33.3. The number of carbonyl (C=O) groups excluding carboxylic acids is 1. The number of nitrogens with one attached hydrogen (secondary N) is 1. The smallest absolute Gasteiger partial charge is 0.430 e. The maximum absolute atomic E-state index is 11.5. The summed E-state index contributed by atoms with van der Waals surface area (Å²) in [6.45, 7) is 2.24. The summed E-state index contributed by atoms with van der Waals surface area (Å²) in [5.41, 5.74) is 5.93. The number of carboxylic acid groups (broad SMARTS) is 1. The predicted molar refractivity (Wildman–Crippen MR) is 72.4 cm³/mol.